The Balaban J connectivity index is 1.63. The zero-order valence-electron chi connectivity index (χ0n) is 16.2. The molecule has 1 aliphatic carbocycles. The number of benzene rings is 2. The van der Waals surface area contributed by atoms with Gasteiger partial charge in [0, 0.05) is 5.70 Å². The molecule has 140 valence electrons. The van der Waals surface area contributed by atoms with Crippen molar-refractivity contribution in [2.24, 2.45) is 0 Å². The highest BCUT2D eigenvalue weighted by Crippen LogP contribution is 2.43. The molecule has 1 N–H and O–H groups in total. The molecule has 1 aliphatic heterocycles. The number of hydrogen-bond acceptors (Lipinski definition) is 4. The highest BCUT2D eigenvalue weighted by atomic mass is 15.6. The first kappa shape index (κ1) is 16.9. The van der Waals surface area contributed by atoms with Gasteiger partial charge >= 0.3 is 0 Å². The topological polar surface area (TPSA) is 55.6 Å². The van der Waals surface area contributed by atoms with Gasteiger partial charge in [0.1, 0.15) is 6.04 Å². The molecule has 1 aromatic heterocycles. The molecule has 0 amide bonds. The van der Waals surface area contributed by atoms with Gasteiger partial charge in [-0.25, -0.2) is 0 Å². The monoisotopic (exact) mass is 369 g/mol. The Labute approximate surface area is 164 Å². The highest BCUT2D eigenvalue weighted by Gasteiger charge is 2.33. The van der Waals surface area contributed by atoms with E-state index in [0.29, 0.717) is 5.95 Å². The smallest absolute Gasteiger partial charge is 0.248 e. The number of aryl methyl sites for hydroxylation is 2. The summed E-state index contributed by atoms with van der Waals surface area (Å²) in [5.74, 6) is 0.709. The Morgan fingerprint density at radius 3 is 2.43 bits per heavy atom. The molecule has 1 atom stereocenters. The van der Waals surface area contributed by atoms with Gasteiger partial charge in [-0.3, -0.25) is 0 Å². The lowest BCUT2D eigenvalue weighted by molar-refractivity contribution is 0.524. The molecule has 0 fully saturated rings. The Morgan fingerprint density at radius 2 is 1.68 bits per heavy atom. The van der Waals surface area contributed by atoms with Crippen LogP contribution in [-0.2, 0) is 0 Å². The Hall–Kier alpha value is -3.21. The van der Waals surface area contributed by atoms with Gasteiger partial charge in [0.15, 0.2) is 0 Å². The number of allylic oxidation sites excluding steroid dienone is 2. The van der Waals surface area contributed by atoms with Crippen LogP contribution in [0.15, 0.2) is 65.4 Å². The Kier molecular flexibility index (Phi) is 4.08. The zero-order valence-corrected chi connectivity index (χ0v) is 16.2. The predicted molar refractivity (Wildman–Crippen MR) is 111 cm³/mol. The minimum Gasteiger partial charge on any atom is -0.323 e. The van der Waals surface area contributed by atoms with E-state index in [1.807, 2.05) is 4.68 Å². The zero-order chi connectivity index (χ0) is 19.1. The molecular weight excluding hydrogens is 346 g/mol. The van der Waals surface area contributed by atoms with E-state index in [1.54, 1.807) is 0 Å². The summed E-state index contributed by atoms with van der Waals surface area (Å²) in [6, 6.07) is 17.4. The summed E-state index contributed by atoms with van der Waals surface area (Å²) in [5, 5.41) is 15.9. The molecule has 2 aromatic carbocycles. The second kappa shape index (κ2) is 6.75. The Morgan fingerprint density at radius 1 is 0.964 bits per heavy atom. The number of rotatable bonds is 2. The number of tetrazole rings is 1. The van der Waals surface area contributed by atoms with Crippen molar-refractivity contribution in [3.63, 3.8) is 0 Å². The van der Waals surface area contributed by atoms with Crippen LogP contribution in [0.25, 0.3) is 6.08 Å². The Bertz CT molecular complexity index is 1070. The number of fused-ring (bicyclic) bond motifs is 1. The predicted octanol–water partition coefficient (Wildman–Crippen LogP) is 4.83. The molecule has 0 saturated carbocycles. The van der Waals surface area contributed by atoms with E-state index in [0.717, 1.165) is 19.3 Å². The lowest BCUT2D eigenvalue weighted by Gasteiger charge is -2.34. The van der Waals surface area contributed by atoms with Gasteiger partial charge in [-0.05, 0) is 71.9 Å². The fourth-order valence-electron chi connectivity index (χ4n) is 4.17. The van der Waals surface area contributed by atoms with Gasteiger partial charge in [-0.15, -0.1) is 0 Å². The number of nitrogens with zero attached hydrogens (tertiary/aromatic N) is 4. The maximum absolute atomic E-state index is 4.29. The third-order valence-electron chi connectivity index (χ3n) is 5.65. The van der Waals surface area contributed by atoms with Crippen LogP contribution in [0.3, 0.4) is 0 Å². The molecular formula is C23H23N5. The summed E-state index contributed by atoms with van der Waals surface area (Å²) in [6.07, 6.45) is 5.54. The average Bonchev–Trinajstić information content (AvgIpc) is 3.17. The first-order valence-electron chi connectivity index (χ1n) is 9.81. The van der Waals surface area contributed by atoms with Crippen molar-refractivity contribution < 1.29 is 0 Å². The van der Waals surface area contributed by atoms with Crippen LogP contribution in [0.4, 0.5) is 5.95 Å². The molecule has 0 radical (unpaired) electrons. The van der Waals surface area contributed by atoms with Crippen molar-refractivity contribution in [3.8, 4) is 0 Å². The van der Waals surface area contributed by atoms with Gasteiger partial charge in [0.2, 0.25) is 5.95 Å². The van der Waals surface area contributed by atoms with Crippen LogP contribution in [0, 0.1) is 13.8 Å². The van der Waals surface area contributed by atoms with E-state index in [1.165, 1.54) is 39.1 Å². The standard InChI is InChI=1S/C23H23N5/c1-15-6-10-17(11-7-15)14-19-4-3-5-20-21(19)24-23-25-26-27-28(23)22(20)18-12-8-16(2)9-13-18/h6-14,22H,3-5H2,1-2H3,(H,24,25,27)/b19-14+/t22-/m0/s1. The second-order valence-electron chi connectivity index (χ2n) is 7.72. The fraction of sp³-hybridized carbons (Fsp3) is 0.261. The third-order valence-corrected chi connectivity index (χ3v) is 5.65. The van der Waals surface area contributed by atoms with Crippen molar-refractivity contribution in [3.05, 3.63) is 87.6 Å². The molecule has 3 aromatic rings. The normalized spacial score (nSPS) is 19.9. The van der Waals surface area contributed by atoms with Gasteiger partial charge in [-0.2, -0.15) is 4.68 Å². The number of nitrogens with one attached hydrogen (secondary N) is 1. The minimum absolute atomic E-state index is 0.0450. The van der Waals surface area contributed by atoms with E-state index in [-0.39, 0.29) is 6.04 Å². The lowest BCUT2D eigenvalue weighted by atomic mass is 9.83. The molecule has 5 nitrogen and oxygen atoms in total. The van der Waals surface area contributed by atoms with Crippen molar-refractivity contribution in [1.29, 1.82) is 0 Å². The van der Waals surface area contributed by atoms with Crippen molar-refractivity contribution in [1.82, 2.24) is 20.2 Å². The van der Waals surface area contributed by atoms with Gasteiger partial charge in [0.05, 0.1) is 0 Å². The van der Waals surface area contributed by atoms with Gasteiger partial charge in [-0.1, -0.05) is 64.8 Å². The second-order valence-corrected chi connectivity index (χ2v) is 7.72. The van der Waals surface area contributed by atoms with Crippen LogP contribution >= 0.6 is 0 Å². The number of aromatic nitrogens is 4. The molecule has 0 saturated heterocycles. The van der Waals surface area contributed by atoms with Crippen molar-refractivity contribution in [2.75, 3.05) is 5.32 Å². The molecule has 28 heavy (non-hydrogen) atoms. The summed E-state index contributed by atoms with van der Waals surface area (Å²) in [5.41, 5.74) is 8.88. The summed E-state index contributed by atoms with van der Waals surface area (Å²) in [6.45, 7) is 4.23. The summed E-state index contributed by atoms with van der Waals surface area (Å²) < 4.78 is 1.91. The van der Waals surface area contributed by atoms with Gasteiger partial charge < -0.3 is 5.32 Å². The van der Waals surface area contributed by atoms with Crippen molar-refractivity contribution >= 4 is 12.0 Å². The highest BCUT2D eigenvalue weighted by molar-refractivity contribution is 5.65. The fourth-order valence-corrected chi connectivity index (χ4v) is 4.17. The van der Waals surface area contributed by atoms with E-state index in [9.17, 15) is 0 Å². The number of hydrogen-bond donors (Lipinski definition) is 1. The lowest BCUT2D eigenvalue weighted by Crippen LogP contribution is -2.28. The van der Waals surface area contributed by atoms with E-state index in [4.69, 9.17) is 0 Å². The maximum Gasteiger partial charge on any atom is 0.248 e. The third kappa shape index (κ3) is 2.93. The largest absolute Gasteiger partial charge is 0.323 e. The summed E-state index contributed by atoms with van der Waals surface area (Å²) in [4.78, 5) is 0. The van der Waals surface area contributed by atoms with E-state index in [2.05, 4.69) is 89.3 Å². The first-order valence-corrected chi connectivity index (χ1v) is 9.81. The van der Waals surface area contributed by atoms with Crippen LogP contribution in [0.2, 0.25) is 0 Å². The van der Waals surface area contributed by atoms with Crippen LogP contribution < -0.4 is 5.32 Å². The van der Waals surface area contributed by atoms with Crippen LogP contribution in [-0.4, -0.2) is 20.2 Å². The summed E-state index contributed by atoms with van der Waals surface area (Å²) >= 11 is 0. The summed E-state index contributed by atoms with van der Waals surface area (Å²) in [7, 11) is 0. The molecule has 2 aliphatic rings. The van der Waals surface area contributed by atoms with Crippen LogP contribution in [0.5, 0.6) is 0 Å². The first-order chi connectivity index (χ1) is 13.7. The molecule has 5 rings (SSSR count). The minimum atomic E-state index is 0.0450. The van der Waals surface area contributed by atoms with Crippen molar-refractivity contribution in [2.45, 2.75) is 39.2 Å². The quantitative estimate of drug-likeness (QED) is 0.703. The molecule has 5 heteroatoms. The molecule has 0 unspecified atom stereocenters. The molecule has 0 bridgehead atoms. The van der Waals surface area contributed by atoms with E-state index < -0.39 is 0 Å². The van der Waals surface area contributed by atoms with Crippen LogP contribution in [0.1, 0.15) is 47.6 Å². The maximum atomic E-state index is 4.29. The van der Waals surface area contributed by atoms with E-state index >= 15 is 0 Å². The molecule has 2 heterocycles. The number of anilines is 1. The molecule has 0 spiro atoms. The SMILES string of the molecule is Cc1ccc(/C=C2\CCCC3=C2Nc2nnnn2[C@H]3c2ccc(C)cc2)cc1. The van der Waals surface area contributed by atoms with Gasteiger partial charge in [0.25, 0.3) is 0 Å². The average molecular weight is 369 g/mol.